The van der Waals surface area contributed by atoms with Crippen molar-refractivity contribution in [3.05, 3.63) is 113 Å². The Morgan fingerprint density at radius 1 is 0.974 bits per heavy atom. The summed E-state index contributed by atoms with van der Waals surface area (Å²) < 4.78 is 27.7. The number of hydrogen-bond acceptors (Lipinski definition) is 5. The first kappa shape index (κ1) is 27.8. The number of carbonyl (C=O) groups is 3. The Morgan fingerprint density at radius 2 is 1.54 bits per heavy atom. The number of aliphatic hydroxyl groups excluding tert-OH is 1. The van der Waals surface area contributed by atoms with Crippen LogP contribution in [0.25, 0.3) is 5.57 Å². The van der Waals surface area contributed by atoms with E-state index in [0.29, 0.717) is 16.5 Å². The van der Waals surface area contributed by atoms with E-state index in [0.717, 1.165) is 23.3 Å². The van der Waals surface area contributed by atoms with Crippen molar-refractivity contribution < 1.29 is 28.3 Å². The summed E-state index contributed by atoms with van der Waals surface area (Å²) >= 11 is 0. The molecule has 0 unspecified atom stereocenters. The largest absolute Gasteiger partial charge is 0.378 e. The van der Waals surface area contributed by atoms with Crippen molar-refractivity contribution in [1.82, 2.24) is 9.80 Å². The van der Waals surface area contributed by atoms with E-state index in [-0.39, 0.29) is 6.42 Å². The van der Waals surface area contributed by atoms with E-state index < -0.39 is 59.1 Å². The molecule has 202 valence electrons. The molecule has 3 N–H and O–H groups in total. The number of benzene rings is 3. The van der Waals surface area contributed by atoms with Gasteiger partial charge in [-0.05, 0) is 41.3 Å². The zero-order valence-electron chi connectivity index (χ0n) is 21.5. The van der Waals surface area contributed by atoms with Gasteiger partial charge in [-0.3, -0.25) is 19.3 Å². The van der Waals surface area contributed by atoms with Crippen LogP contribution in [0.5, 0.6) is 0 Å². The van der Waals surface area contributed by atoms with E-state index in [2.05, 4.69) is 0 Å². The van der Waals surface area contributed by atoms with Gasteiger partial charge in [-0.2, -0.15) is 0 Å². The fraction of sp³-hybridized carbons (Fsp3) is 0.233. The molecule has 3 aromatic rings. The number of amides is 3. The fourth-order valence-electron chi connectivity index (χ4n) is 4.72. The number of aliphatic hydroxyl groups is 1. The Kier molecular flexibility index (Phi) is 8.32. The average Bonchev–Trinajstić information content (AvgIpc) is 3.05. The van der Waals surface area contributed by atoms with Gasteiger partial charge in [-0.15, -0.1) is 0 Å². The molecule has 0 saturated carbocycles. The molecule has 0 saturated heterocycles. The van der Waals surface area contributed by atoms with Crippen molar-refractivity contribution in [2.45, 2.75) is 37.6 Å². The summed E-state index contributed by atoms with van der Waals surface area (Å²) in [6.07, 6.45) is -0.279. The van der Waals surface area contributed by atoms with Gasteiger partial charge in [0.2, 0.25) is 11.8 Å². The Hall–Kier alpha value is -4.21. The molecule has 4 atom stereocenters. The number of nitrogens with two attached hydrogens (primary N) is 1. The number of halogens is 2. The standard InChI is InChI=1S/C30H29F2N3O4/c1-18(33)28(37)35(30(39)27(36)22-13-23(31)17-24(32)14-22)26-16-21(19-9-5-3-6-10-19)15-25(34(2)29(26)38)20-11-7-4-8-12-20/h3-15,17-18,25-27,36H,16,33H2,1-2H3/t18-,25-,26-,27+/m0/s1. The van der Waals surface area contributed by atoms with Crippen LogP contribution in [0, 0.1) is 11.6 Å². The summed E-state index contributed by atoms with van der Waals surface area (Å²) in [7, 11) is 1.56. The van der Waals surface area contributed by atoms with Crippen LogP contribution >= 0.6 is 0 Å². The lowest BCUT2D eigenvalue weighted by atomic mass is 9.95. The summed E-state index contributed by atoms with van der Waals surface area (Å²) in [6, 6.07) is 17.5. The fourth-order valence-corrected chi connectivity index (χ4v) is 4.72. The van der Waals surface area contributed by atoms with E-state index in [1.54, 1.807) is 7.05 Å². The molecule has 0 aliphatic carbocycles. The molecule has 9 heteroatoms. The van der Waals surface area contributed by atoms with Crippen molar-refractivity contribution >= 4 is 23.3 Å². The van der Waals surface area contributed by atoms with Crippen LogP contribution in [-0.4, -0.2) is 51.8 Å². The van der Waals surface area contributed by atoms with Gasteiger partial charge in [0, 0.05) is 19.5 Å². The number of imide groups is 1. The summed E-state index contributed by atoms with van der Waals surface area (Å²) in [5.41, 5.74) is 7.75. The lowest BCUT2D eigenvalue weighted by Crippen LogP contribution is -2.57. The normalized spacial score (nSPS) is 19.1. The van der Waals surface area contributed by atoms with Crippen LogP contribution in [0.1, 0.15) is 42.2 Å². The topological polar surface area (TPSA) is 104 Å². The highest BCUT2D eigenvalue weighted by molar-refractivity contribution is 6.04. The van der Waals surface area contributed by atoms with Gasteiger partial charge in [-0.25, -0.2) is 8.78 Å². The molecule has 1 aliphatic rings. The minimum Gasteiger partial charge on any atom is -0.378 e. The number of rotatable bonds is 6. The smallest absolute Gasteiger partial charge is 0.263 e. The molecule has 0 bridgehead atoms. The molecule has 3 amide bonds. The maximum Gasteiger partial charge on any atom is 0.263 e. The third-order valence-corrected chi connectivity index (χ3v) is 6.72. The van der Waals surface area contributed by atoms with Gasteiger partial charge < -0.3 is 15.7 Å². The van der Waals surface area contributed by atoms with Gasteiger partial charge in [-0.1, -0.05) is 66.7 Å². The number of carbonyl (C=O) groups excluding carboxylic acids is 3. The molecule has 7 nitrogen and oxygen atoms in total. The van der Waals surface area contributed by atoms with E-state index in [4.69, 9.17) is 5.73 Å². The summed E-state index contributed by atoms with van der Waals surface area (Å²) in [5.74, 6) is -4.70. The Bertz CT molecular complexity index is 1380. The van der Waals surface area contributed by atoms with Gasteiger partial charge in [0.15, 0.2) is 6.10 Å². The van der Waals surface area contributed by atoms with Crippen LogP contribution in [0.15, 0.2) is 84.9 Å². The molecule has 0 radical (unpaired) electrons. The second-order valence-corrected chi connectivity index (χ2v) is 9.52. The second kappa shape index (κ2) is 11.7. The van der Waals surface area contributed by atoms with Gasteiger partial charge >= 0.3 is 0 Å². The van der Waals surface area contributed by atoms with E-state index in [1.165, 1.54) is 11.8 Å². The summed E-state index contributed by atoms with van der Waals surface area (Å²) in [6.45, 7) is 1.35. The minimum absolute atomic E-state index is 0.0645. The van der Waals surface area contributed by atoms with Crippen LogP contribution < -0.4 is 5.73 Å². The van der Waals surface area contributed by atoms with Crippen molar-refractivity contribution in [1.29, 1.82) is 0 Å². The van der Waals surface area contributed by atoms with E-state index in [9.17, 15) is 28.3 Å². The molecule has 0 aromatic heterocycles. The lowest BCUT2D eigenvalue weighted by Gasteiger charge is -2.34. The first-order valence-corrected chi connectivity index (χ1v) is 12.4. The van der Waals surface area contributed by atoms with Crippen molar-refractivity contribution in [2.24, 2.45) is 5.73 Å². The van der Waals surface area contributed by atoms with Crippen molar-refractivity contribution in [3.8, 4) is 0 Å². The predicted octanol–water partition coefficient (Wildman–Crippen LogP) is 3.76. The molecular weight excluding hydrogens is 504 g/mol. The highest BCUT2D eigenvalue weighted by Crippen LogP contribution is 2.35. The minimum atomic E-state index is -2.12. The van der Waals surface area contributed by atoms with Crippen LogP contribution in [-0.2, 0) is 14.4 Å². The first-order chi connectivity index (χ1) is 18.6. The Labute approximate surface area is 225 Å². The Morgan fingerprint density at radius 3 is 2.10 bits per heavy atom. The van der Waals surface area contributed by atoms with Crippen LogP contribution in [0.2, 0.25) is 0 Å². The Balaban J connectivity index is 1.82. The molecule has 0 fully saturated rings. The van der Waals surface area contributed by atoms with Crippen molar-refractivity contribution in [3.63, 3.8) is 0 Å². The maximum atomic E-state index is 14.0. The van der Waals surface area contributed by atoms with Gasteiger partial charge in [0.1, 0.15) is 17.7 Å². The third-order valence-electron chi connectivity index (χ3n) is 6.72. The molecular formula is C30H29F2N3O4. The molecule has 4 rings (SSSR count). The average molecular weight is 534 g/mol. The maximum absolute atomic E-state index is 14.0. The highest BCUT2D eigenvalue weighted by Gasteiger charge is 2.43. The lowest BCUT2D eigenvalue weighted by molar-refractivity contribution is -0.160. The van der Waals surface area contributed by atoms with Crippen LogP contribution in [0.3, 0.4) is 0 Å². The summed E-state index contributed by atoms with van der Waals surface area (Å²) in [4.78, 5) is 43.0. The monoisotopic (exact) mass is 533 g/mol. The van der Waals surface area contributed by atoms with Crippen molar-refractivity contribution in [2.75, 3.05) is 7.05 Å². The quantitative estimate of drug-likeness (QED) is 0.502. The molecule has 1 heterocycles. The summed E-state index contributed by atoms with van der Waals surface area (Å²) in [5, 5.41) is 10.8. The molecule has 1 aliphatic heterocycles. The van der Waals surface area contributed by atoms with E-state index >= 15 is 0 Å². The zero-order valence-corrected chi connectivity index (χ0v) is 21.5. The number of hydrogen-bond donors (Lipinski definition) is 2. The SMILES string of the molecule is C[C@H](N)C(=O)N(C(=O)[C@H](O)c1cc(F)cc(F)c1)[C@H]1CC(c2ccccc2)=C[C@@H](c2ccccc2)N(C)C1=O. The molecule has 0 spiro atoms. The van der Waals surface area contributed by atoms with E-state index in [1.807, 2.05) is 66.7 Å². The zero-order chi connectivity index (χ0) is 28.3. The van der Waals surface area contributed by atoms with Gasteiger partial charge in [0.25, 0.3) is 5.91 Å². The molecule has 39 heavy (non-hydrogen) atoms. The second-order valence-electron chi connectivity index (χ2n) is 9.52. The number of nitrogens with zero attached hydrogens (tertiary/aromatic N) is 2. The first-order valence-electron chi connectivity index (χ1n) is 12.4. The highest BCUT2D eigenvalue weighted by atomic mass is 19.1. The van der Waals surface area contributed by atoms with Crippen LogP contribution in [0.4, 0.5) is 8.78 Å². The number of likely N-dealkylation sites (N-methyl/N-ethyl adjacent to an activating group) is 1. The molecule has 3 aromatic carbocycles. The predicted molar refractivity (Wildman–Crippen MR) is 142 cm³/mol. The third kappa shape index (κ3) is 5.94. The van der Waals surface area contributed by atoms with Gasteiger partial charge in [0.05, 0.1) is 12.1 Å².